The van der Waals surface area contributed by atoms with Crippen LogP contribution >= 0.6 is 0 Å². The van der Waals surface area contributed by atoms with E-state index in [1.54, 1.807) is 0 Å². The van der Waals surface area contributed by atoms with Crippen molar-refractivity contribution in [1.82, 2.24) is 9.80 Å². The molecule has 88 valence electrons. The van der Waals surface area contributed by atoms with E-state index in [0.717, 1.165) is 31.6 Å². The summed E-state index contributed by atoms with van der Waals surface area (Å²) in [6.45, 7) is 4.62. The van der Waals surface area contributed by atoms with Crippen LogP contribution in [0.5, 0.6) is 0 Å². The summed E-state index contributed by atoms with van der Waals surface area (Å²) in [5, 5.41) is 8.54. The maximum absolute atomic E-state index is 10.4. The molecule has 0 heterocycles. The van der Waals surface area contributed by atoms with Crippen LogP contribution in [-0.2, 0) is 4.79 Å². The quantitative estimate of drug-likeness (QED) is 0.640. The molecule has 4 nitrogen and oxygen atoms in total. The average molecular weight is 214 g/mol. The Bertz CT molecular complexity index is 225. The van der Waals surface area contributed by atoms with Gasteiger partial charge in [-0.3, -0.25) is 0 Å². The lowest BCUT2D eigenvalue weighted by Gasteiger charge is -2.18. The minimum absolute atomic E-state index is 0.722. The number of carbonyl (C=O) groups is 1. The van der Waals surface area contributed by atoms with Gasteiger partial charge in [-0.15, -0.1) is 0 Å². The Kier molecular flexibility index (Phi) is 6.99. The molecule has 0 aromatic rings. The molecular formula is C11H22N2O2. The van der Waals surface area contributed by atoms with E-state index in [1.807, 2.05) is 14.0 Å². The summed E-state index contributed by atoms with van der Waals surface area (Å²) in [6.07, 6.45) is 2.37. The molecule has 0 rings (SSSR count). The van der Waals surface area contributed by atoms with Gasteiger partial charge >= 0.3 is 5.97 Å². The summed E-state index contributed by atoms with van der Waals surface area (Å²) >= 11 is 0. The van der Waals surface area contributed by atoms with Crippen LogP contribution in [0.2, 0.25) is 0 Å². The molecule has 0 fully saturated rings. The van der Waals surface area contributed by atoms with Crippen LogP contribution in [0.15, 0.2) is 11.6 Å². The molecule has 0 aliphatic heterocycles. The fourth-order valence-electron chi connectivity index (χ4n) is 1.42. The number of carboxylic acids is 1. The number of rotatable bonds is 7. The third-order valence-electron chi connectivity index (χ3n) is 2.03. The van der Waals surface area contributed by atoms with Crippen molar-refractivity contribution in [2.45, 2.75) is 13.3 Å². The van der Waals surface area contributed by atoms with Gasteiger partial charge in [0.2, 0.25) is 0 Å². The summed E-state index contributed by atoms with van der Waals surface area (Å²) in [4.78, 5) is 14.7. The van der Waals surface area contributed by atoms with Crippen molar-refractivity contribution >= 4 is 5.97 Å². The van der Waals surface area contributed by atoms with Gasteiger partial charge in [0.1, 0.15) is 0 Å². The van der Waals surface area contributed by atoms with Crippen LogP contribution in [0, 0.1) is 0 Å². The van der Waals surface area contributed by atoms with Gasteiger partial charge in [0.05, 0.1) is 0 Å². The Morgan fingerprint density at radius 2 is 1.87 bits per heavy atom. The molecule has 0 aliphatic rings. The number of aliphatic carboxylic acids is 1. The van der Waals surface area contributed by atoms with E-state index in [1.165, 1.54) is 6.08 Å². The number of nitrogens with zero attached hydrogens (tertiary/aromatic N) is 2. The van der Waals surface area contributed by atoms with Crippen molar-refractivity contribution in [1.29, 1.82) is 0 Å². The molecule has 15 heavy (non-hydrogen) atoms. The van der Waals surface area contributed by atoms with E-state index in [9.17, 15) is 4.79 Å². The number of hydrogen-bond acceptors (Lipinski definition) is 3. The minimum atomic E-state index is -0.866. The topological polar surface area (TPSA) is 43.8 Å². The fourth-order valence-corrected chi connectivity index (χ4v) is 1.42. The van der Waals surface area contributed by atoms with Gasteiger partial charge in [0, 0.05) is 12.6 Å². The minimum Gasteiger partial charge on any atom is -0.478 e. The van der Waals surface area contributed by atoms with E-state index >= 15 is 0 Å². The van der Waals surface area contributed by atoms with E-state index in [4.69, 9.17) is 5.11 Å². The predicted molar refractivity (Wildman–Crippen MR) is 62.1 cm³/mol. The molecule has 0 aromatic carbocycles. The van der Waals surface area contributed by atoms with Crippen molar-refractivity contribution < 1.29 is 9.90 Å². The summed E-state index contributed by atoms with van der Waals surface area (Å²) in [7, 11) is 6.11. The number of likely N-dealkylation sites (N-methyl/N-ethyl adjacent to an activating group) is 1. The van der Waals surface area contributed by atoms with Crippen LogP contribution in [0.3, 0.4) is 0 Å². The smallest absolute Gasteiger partial charge is 0.328 e. The molecule has 0 aliphatic carbocycles. The third kappa shape index (κ3) is 9.43. The molecule has 0 aromatic heterocycles. The van der Waals surface area contributed by atoms with E-state index in [-0.39, 0.29) is 0 Å². The van der Waals surface area contributed by atoms with Crippen molar-refractivity contribution in [3.8, 4) is 0 Å². The molecule has 1 N–H and O–H groups in total. The highest BCUT2D eigenvalue weighted by molar-refractivity contribution is 5.80. The summed E-state index contributed by atoms with van der Waals surface area (Å²) in [5.41, 5.74) is 0.884. The molecule has 0 unspecified atom stereocenters. The lowest BCUT2D eigenvalue weighted by Crippen LogP contribution is -2.25. The summed E-state index contributed by atoms with van der Waals surface area (Å²) in [6, 6.07) is 0. The largest absolute Gasteiger partial charge is 0.478 e. The van der Waals surface area contributed by atoms with Gasteiger partial charge in [-0.05, 0) is 47.6 Å². The van der Waals surface area contributed by atoms with Crippen molar-refractivity contribution in [3.63, 3.8) is 0 Å². The van der Waals surface area contributed by atoms with Gasteiger partial charge in [0.25, 0.3) is 0 Å². The second-order valence-corrected chi connectivity index (χ2v) is 4.22. The molecule has 0 spiro atoms. The Balaban J connectivity index is 3.73. The first-order chi connectivity index (χ1) is 6.91. The lowest BCUT2D eigenvalue weighted by atomic mass is 10.2. The van der Waals surface area contributed by atoms with Crippen LogP contribution < -0.4 is 0 Å². The van der Waals surface area contributed by atoms with Crippen LogP contribution in [-0.4, -0.2) is 61.7 Å². The highest BCUT2D eigenvalue weighted by atomic mass is 16.4. The van der Waals surface area contributed by atoms with E-state index < -0.39 is 5.97 Å². The van der Waals surface area contributed by atoms with Gasteiger partial charge in [-0.1, -0.05) is 5.57 Å². The standard InChI is InChI=1S/C11H22N2O2/c1-10(8-11(14)15)9-13(4)7-5-6-12(2)3/h8H,5-7,9H2,1-4H3,(H,14,15). The second-order valence-electron chi connectivity index (χ2n) is 4.22. The summed E-state index contributed by atoms with van der Waals surface area (Å²) < 4.78 is 0. The Labute approximate surface area is 92.2 Å². The zero-order valence-corrected chi connectivity index (χ0v) is 10.2. The van der Waals surface area contributed by atoms with Gasteiger partial charge in [-0.25, -0.2) is 4.79 Å². The van der Waals surface area contributed by atoms with E-state index in [2.05, 4.69) is 23.9 Å². The monoisotopic (exact) mass is 214 g/mol. The molecule has 0 radical (unpaired) electrons. The van der Waals surface area contributed by atoms with Crippen LogP contribution in [0.4, 0.5) is 0 Å². The van der Waals surface area contributed by atoms with Crippen molar-refractivity contribution in [2.75, 3.05) is 40.8 Å². The van der Waals surface area contributed by atoms with Gasteiger partial charge in [0.15, 0.2) is 0 Å². The summed E-state index contributed by atoms with van der Waals surface area (Å²) in [5.74, 6) is -0.866. The maximum atomic E-state index is 10.4. The van der Waals surface area contributed by atoms with E-state index in [0.29, 0.717) is 0 Å². The molecular weight excluding hydrogens is 192 g/mol. The first kappa shape index (κ1) is 14.1. The Hall–Kier alpha value is -0.870. The predicted octanol–water partition coefficient (Wildman–Crippen LogP) is 0.901. The third-order valence-corrected chi connectivity index (χ3v) is 2.03. The van der Waals surface area contributed by atoms with Crippen LogP contribution in [0.25, 0.3) is 0 Å². The Morgan fingerprint density at radius 3 is 2.33 bits per heavy atom. The molecule has 0 saturated carbocycles. The molecule has 0 bridgehead atoms. The SMILES string of the molecule is CC(=CC(=O)O)CN(C)CCCN(C)C. The van der Waals surface area contributed by atoms with Gasteiger partial charge in [-0.2, -0.15) is 0 Å². The first-order valence-electron chi connectivity index (χ1n) is 5.15. The fraction of sp³-hybridized carbons (Fsp3) is 0.727. The second kappa shape index (κ2) is 7.43. The van der Waals surface area contributed by atoms with Crippen LogP contribution in [0.1, 0.15) is 13.3 Å². The molecule has 0 amide bonds. The Morgan fingerprint density at radius 1 is 1.27 bits per heavy atom. The zero-order valence-electron chi connectivity index (χ0n) is 10.2. The molecule has 4 heteroatoms. The van der Waals surface area contributed by atoms with Crippen molar-refractivity contribution in [2.24, 2.45) is 0 Å². The van der Waals surface area contributed by atoms with Crippen molar-refractivity contribution in [3.05, 3.63) is 11.6 Å². The number of hydrogen-bond donors (Lipinski definition) is 1. The maximum Gasteiger partial charge on any atom is 0.328 e. The lowest BCUT2D eigenvalue weighted by molar-refractivity contribution is -0.131. The van der Waals surface area contributed by atoms with Gasteiger partial charge < -0.3 is 14.9 Å². The highest BCUT2D eigenvalue weighted by Gasteiger charge is 2.01. The first-order valence-corrected chi connectivity index (χ1v) is 5.15. The normalized spacial score (nSPS) is 12.5. The highest BCUT2D eigenvalue weighted by Crippen LogP contribution is 1.97. The zero-order chi connectivity index (χ0) is 11.8. The molecule has 0 saturated heterocycles. The number of carboxylic acid groups (broad SMARTS) is 1. The molecule has 0 atom stereocenters. The average Bonchev–Trinajstić information content (AvgIpc) is 2.00.